The van der Waals surface area contributed by atoms with E-state index in [-0.39, 0.29) is 0 Å². The summed E-state index contributed by atoms with van der Waals surface area (Å²) in [5.41, 5.74) is 3.27. The Labute approximate surface area is 77.9 Å². The Morgan fingerprint density at radius 3 is 2.92 bits per heavy atom. The lowest BCUT2D eigenvalue weighted by molar-refractivity contribution is 0.415. The highest BCUT2D eigenvalue weighted by molar-refractivity contribution is 5.64. The highest BCUT2D eigenvalue weighted by Crippen LogP contribution is 2.54. The molecule has 2 nitrogen and oxygen atoms in total. The van der Waals surface area contributed by atoms with Gasteiger partial charge in [-0.2, -0.15) is 0 Å². The molecular weight excluding hydrogens is 162 g/mol. The second-order valence-electron chi connectivity index (χ2n) is 4.05. The molecule has 0 radical (unpaired) electrons. The molecular formula is C11H13NO. The fraction of sp³-hybridized carbons (Fsp3) is 0.455. The van der Waals surface area contributed by atoms with Crippen LogP contribution in [0.2, 0.25) is 0 Å². The number of hydrogen-bond acceptors (Lipinski definition) is 2. The summed E-state index contributed by atoms with van der Waals surface area (Å²) in [6, 6.07) is 6.37. The van der Waals surface area contributed by atoms with E-state index in [0.717, 1.165) is 12.3 Å². The Kier molecular flexibility index (Phi) is 1.22. The highest BCUT2D eigenvalue weighted by Gasteiger charge is 2.48. The van der Waals surface area contributed by atoms with Crippen molar-refractivity contribution in [3.63, 3.8) is 0 Å². The van der Waals surface area contributed by atoms with E-state index in [1.807, 2.05) is 0 Å². The lowest BCUT2D eigenvalue weighted by atomic mass is 9.99. The van der Waals surface area contributed by atoms with Crippen LogP contribution in [0.4, 0.5) is 5.69 Å². The van der Waals surface area contributed by atoms with Crippen LogP contribution >= 0.6 is 0 Å². The smallest absolute Gasteiger partial charge is 0.120 e. The molecule has 2 heteroatoms. The molecule has 0 aromatic heterocycles. The van der Waals surface area contributed by atoms with Gasteiger partial charge < -0.3 is 10.1 Å². The molecule has 13 heavy (non-hydrogen) atoms. The van der Waals surface area contributed by atoms with Crippen LogP contribution in [0.1, 0.15) is 18.4 Å². The van der Waals surface area contributed by atoms with Crippen molar-refractivity contribution in [2.75, 3.05) is 19.0 Å². The zero-order valence-electron chi connectivity index (χ0n) is 7.76. The van der Waals surface area contributed by atoms with Gasteiger partial charge in [0.2, 0.25) is 0 Å². The van der Waals surface area contributed by atoms with Crippen molar-refractivity contribution in [2.45, 2.75) is 18.3 Å². The van der Waals surface area contributed by atoms with Crippen molar-refractivity contribution in [3.8, 4) is 5.75 Å². The third-order valence-electron chi connectivity index (χ3n) is 3.27. The molecule has 1 spiro atoms. The van der Waals surface area contributed by atoms with Gasteiger partial charge in [-0.05, 0) is 24.5 Å². The summed E-state index contributed by atoms with van der Waals surface area (Å²) < 4.78 is 5.19. The van der Waals surface area contributed by atoms with Crippen LogP contribution < -0.4 is 10.1 Å². The molecule has 1 saturated carbocycles. The molecule has 1 aromatic rings. The van der Waals surface area contributed by atoms with Gasteiger partial charge in [-0.25, -0.2) is 0 Å². The molecule has 1 N–H and O–H groups in total. The van der Waals surface area contributed by atoms with Crippen LogP contribution in [-0.4, -0.2) is 13.7 Å². The summed E-state index contributed by atoms with van der Waals surface area (Å²) in [4.78, 5) is 0. The third-order valence-corrected chi connectivity index (χ3v) is 3.27. The molecule has 1 aliphatic heterocycles. The van der Waals surface area contributed by atoms with Gasteiger partial charge in [-0.15, -0.1) is 0 Å². The summed E-state index contributed by atoms with van der Waals surface area (Å²) in [5, 5.41) is 3.45. The minimum atomic E-state index is 0.502. The number of nitrogens with one attached hydrogen (secondary N) is 1. The van der Waals surface area contributed by atoms with Gasteiger partial charge >= 0.3 is 0 Å². The molecule has 1 aromatic carbocycles. The van der Waals surface area contributed by atoms with E-state index in [2.05, 4.69) is 23.5 Å². The van der Waals surface area contributed by atoms with Crippen LogP contribution in [0.25, 0.3) is 0 Å². The van der Waals surface area contributed by atoms with Gasteiger partial charge in [0.25, 0.3) is 0 Å². The van der Waals surface area contributed by atoms with Gasteiger partial charge in [0.1, 0.15) is 5.75 Å². The maximum Gasteiger partial charge on any atom is 0.120 e. The van der Waals surface area contributed by atoms with E-state index in [1.165, 1.54) is 24.1 Å². The van der Waals surface area contributed by atoms with Crippen LogP contribution in [0.15, 0.2) is 18.2 Å². The minimum Gasteiger partial charge on any atom is -0.497 e. The molecule has 3 rings (SSSR count). The quantitative estimate of drug-likeness (QED) is 0.706. The van der Waals surface area contributed by atoms with Gasteiger partial charge in [0.15, 0.2) is 0 Å². The first kappa shape index (κ1) is 7.25. The second-order valence-corrected chi connectivity index (χ2v) is 4.05. The fourth-order valence-electron chi connectivity index (χ4n) is 2.22. The van der Waals surface area contributed by atoms with E-state index >= 15 is 0 Å². The van der Waals surface area contributed by atoms with Gasteiger partial charge in [0, 0.05) is 23.7 Å². The van der Waals surface area contributed by atoms with E-state index in [1.54, 1.807) is 7.11 Å². The van der Waals surface area contributed by atoms with Crippen LogP contribution in [0, 0.1) is 0 Å². The highest BCUT2D eigenvalue weighted by atomic mass is 16.5. The lowest BCUT2D eigenvalue weighted by Crippen LogP contribution is -2.07. The first-order valence-corrected chi connectivity index (χ1v) is 4.76. The van der Waals surface area contributed by atoms with E-state index in [0.29, 0.717) is 5.41 Å². The largest absolute Gasteiger partial charge is 0.497 e. The Hall–Kier alpha value is -1.18. The molecule has 2 aliphatic rings. The number of fused-ring (bicyclic) bond motifs is 2. The number of ether oxygens (including phenoxy) is 1. The molecule has 68 valence electrons. The zero-order valence-corrected chi connectivity index (χ0v) is 7.76. The average molecular weight is 175 g/mol. The Morgan fingerprint density at radius 2 is 2.23 bits per heavy atom. The van der Waals surface area contributed by atoms with Crippen molar-refractivity contribution < 1.29 is 4.74 Å². The first-order valence-electron chi connectivity index (χ1n) is 4.76. The topological polar surface area (TPSA) is 21.3 Å². The fourth-order valence-corrected chi connectivity index (χ4v) is 2.22. The van der Waals surface area contributed by atoms with E-state index in [9.17, 15) is 0 Å². The van der Waals surface area contributed by atoms with Gasteiger partial charge in [0.05, 0.1) is 7.11 Å². The monoisotopic (exact) mass is 175 g/mol. The summed E-state index contributed by atoms with van der Waals surface area (Å²) in [7, 11) is 1.71. The van der Waals surface area contributed by atoms with Crippen LogP contribution in [-0.2, 0) is 5.41 Å². The molecule has 0 amide bonds. The third kappa shape index (κ3) is 0.886. The van der Waals surface area contributed by atoms with E-state index < -0.39 is 0 Å². The Balaban J connectivity index is 2.09. The van der Waals surface area contributed by atoms with Gasteiger partial charge in [-0.1, -0.05) is 6.07 Å². The van der Waals surface area contributed by atoms with Crippen molar-refractivity contribution in [1.29, 1.82) is 0 Å². The number of anilines is 1. The SMILES string of the molecule is COc1ccc2c(c1)NCC21CC1. The zero-order chi connectivity index (χ0) is 8.89. The molecule has 1 fully saturated rings. The second kappa shape index (κ2) is 2.19. The summed E-state index contributed by atoms with van der Waals surface area (Å²) in [5.74, 6) is 0.948. The number of methoxy groups -OCH3 is 1. The van der Waals surface area contributed by atoms with Crippen LogP contribution in [0.5, 0.6) is 5.75 Å². The van der Waals surface area contributed by atoms with Crippen molar-refractivity contribution in [1.82, 2.24) is 0 Å². The maximum absolute atomic E-state index is 5.19. The number of benzene rings is 1. The Bertz CT molecular complexity index is 355. The molecule has 0 unspecified atom stereocenters. The predicted molar refractivity (Wildman–Crippen MR) is 52.4 cm³/mol. The minimum absolute atomic E-state index is 0.502. The van der Waals surface area contributed by atoms with Crippen LogP contribution in [0.3, 0.4) is 0 Å². The summed E-state index contributed by atoms with van der Waals surface area (Å²) in [6.45, 7) is 1.12. The Morgan fingerprint density at radius 1 is 1.38 bits per heavy atom. The summed E-state index contributed by atoms with van der Waals surface area (Å²) >= 11 is 0. The van der Waals surface area contributed by atoms with Crippen molar-refractivity contribution >= 4 is 5.69 Å². The maximum atomic E-state index is 5.19. The number of rotatable bonds is 1. The average Bonchev–Trinajstić information content (AvgIpc) is 2.86. The summed E-state index contributed by atoms with van der Waals surface area (Å²) in [6.07, 6.45) is 2.69. The molecule has 0 atom stereocenters. The molecule has 0 bridgehead atoms. The van der Waals surface area contributed by atoms with E-state index in [4.69, 9.17) is 4.74 Å². The van der Waals surface area contributed by atoms with Crippen molar-refractivity contribution in [3.05, 3.63) is 23.8 Å². The van der Waals surface area contributed by atoms with Gasteiger partial charge in [-0.3, -0.25) is 0 Å². The standard InChI is InChI=1S/C11H13NO/c1-13-8-2-3-9-10(6-8)12-7-11(9)4-5-11/h2-3,6,12H,4-5,7H2,1H3. The molecule has 1 heterocycles. The lowest BCUT2D eigenvalue weighted by Gasteiger charge is -2.06. The van der Waals surface area contributed by atoms with Crippen molar-refractivity contribution in [2.24, 2.45) is 0 Å². The normalized spacial score (nSPS) is 21.0. The molecule has 1 aliphatic carbocycles. The number of hydrogen-bond donors (Lipinski definition) is 1. The molecule has 0 saturated heterocycles. The first-order chi connectivity index (χ1) is 6.34. The predicted octanol–water partition coefficient (Wildman–Crippen LogP) is 2.15.